The first-order valence-corrected chi connectivity index (χ1v) is 51.1. The number of unbranched alkanes of at least 4 members (excludes halogenated alkanes) is 60. The van der Waals surface area contributed by atoms with Gasteiger partial charge in [0.2, 0.25) is 0 Å². The molecule has 19 heteroatoms. The molecule has 7 atom stereocenters. The lowest BCUT2D eigenvalue weighted by atomic mass is 9.99. The fourth-order valence-corrected chi connectivity index (χ4v) is 16.2. The second kappa shape index (κ2) is 84.1. The van der Waals surface area contributed by atoms with Crippen LogP contribution in [0, 0.1) is 11.8 Å². The summed E-state index contributed by atoms with van der Waals surface area (Å²) in [5, 5.41) is 10.7. The molecule has 0 aliphatic heterocycles. The van der Waals surface area contributed by atoms with E-state index < -0.39 is 97.5 Å². The summed E-state index contributed by atoms with van der Waals surface area (Å²) in [7, 11) is -9.94. The van der Waals surface area contributed by atoms with Crippen molar-refractivity contribution in [3.8, 4) is 0 Å². The molecular weight excluding hydrogens is 1450 g/mol. The van der Waals surface area contributed by atoms with Crippen LogP contribution in [0.15, 0.2) is 0 Å². The zero-order valence-corrected chi connectivity index (χ0v) is 75.8. The number of hydrogen-bond donors (Lipinski definition) is 3. The van der Waals surface area contributed by atoms with E-state index in [9.17, 15) is 43.2 Å². The van der Waals surface area contributed by atoms with Crippen molar-refractivity contribution in [3.05, 3.63) is 0 Å². The first-order chi connectivity index (χ1) is 54.4. The topological polar surface area (TPSA) is 237 Å². The third kappa shape index (κ3) is 83.1. The van der Waals surface area contributed by atoms with Gasteiger partial charge >= 0.3 is 39.5 Å². The van der Waals surface area contributed by atoms with Crippen molar-refractivity contribution in [2.24, 2.45) is 11.8 Å². The minimum Gasteiger partial charge on any atom is -0.462 e. The molecule has 3 N–H and O–H groups in total. The lowest BCUT2D eigenvalue weighted by Crippen LogP contribution is -2.30. The molecule has 0 spiro atoms. The number of rotatable bonds is 92. The number of hydrogen-bond acceptors (Lipinski definition) is 15. The van der Waals surface area contributed by atoms with E-state index in [1.54, 1.807) is 0 Å². The van der Waals surface area contributed by atoms with Crippen LogP contribution in [-0.2, 0) is 65.4 Å². The number of ether oxygens (including phenoxy) is 4. The number of carbonyl (C=O) groups is 4. The monoisotopic (exact) mass is 1630 g/mol. The highest BCUT2D eigenvalue weighted by molar-refractivity contribution is 7.47. The Morgan fingerprint density at radius 2 is 0.429 bits per heavy atom. The normalized spacial score (nSPS) is 14.2. The average molecular weight is 1630 g/mol. The van der Waals surface area contributed by atoms with Crippen LogP contribution >= 0.6 is 15.6 Å². The Bertz CT molecular complexity index is 2140. The first-order valence-electron chi connectivity index (χ1n) is 48.1. The van der Waals surface area contributed by atoms with Crippen LogP contribution in [0.5, 0.6) is 0 Å². The Morgan fingerprint density at radius 3 is 0.634 bits per heavy atom. The summed E-state index contributed by atoms with van der Waals surface area (Å²) in [5.41, 5.74) is 0. The number of aliphatic hydroxyl groups is 1. The molecule has 0 heterocycles. The van der Waals surface area contributed by atoms with E-state index in [-0.39, 0.29) is 25.7 Å². The van der Waals surface area contributed by atoms with Gasteiger partial charge in [-0.3, -0.25) is 37.3 Å². The maximum absolute atomic E-state index is 13.2. The number of esters is 4. The maximum atomic E-state index is 13.2. The van der Waals surface area contributed by atoms with Crippen molar-refractivity contribution >= 4 is 39.5 Å². The van der Waals surface area contributed by atoms with Gasteiger partial charge in [-0.05, 0) is 37.5 Å². The van der Waals surface area contributed by atoms with Crippen LogP contribution in [0.4, 0.5) is 0 Å². The van der Waals surface area contributed by atoms with Crippen molar-refractivity contribution in [3.63, 3.8) is 0 Å². The molecule has 0 fully saturated rings. The molecule has 0 saturated carbocycles. The summed E-state index contributed by atoms with van der Waals surface area (Å²) in [4.78, 5) is 73.5. The molecule has 0 saturated heterocycles. The minimum atomic E-state index is -4.97. The molecule has 17 nitrogen and oxygen atoms in total. The molecule has 0 amide bonds. The van der Waals surface area contributed by atoms with E-state index >= 15 is 0 Å². The molecule has 0 aliphatic rings. The molecular formula is C93H182O17P2. The molecule has 0 aromatic heterocycles. The highest BCUT2D eigenvalue weighted by Gasteiger charge is 2.31. The molecule has 112 heavy (non-hydrogen) atoms. The Balaban J connectivity index is 5.24. The summed E-state index contributed by atoms with van der Waals surface area (Å²) < 4.78 is 69.1. The lowest BCUT2D eigenvalue weighted by Gasteiger charge is -2.21. The second-order valence-electron chi connectivity index (χ2n) is 33.9. The summed E-state index contributed by atoms with van der Waals surface area (Å²) in [6.07, 6.45) is 79.2. The molecule has 4 unspecified atom stereocenters. The summed E-state index contributed by atoms with van der Waals surface area (Å²) >= 11 is 0. The number of phosphoric ester groups is 2. The molecule has 0 radical (unpaired) electrons. The van der Waals surface area contributed by atoms with Gasteiger partial charge in [-0.1, -0.05) is 452 Å². The molecule has 666 valence electrons. The molecule has 0 aromatic rings. The molecule has 0 rings (SSSR count). The van der Waals surface area contributed by atoms with Crippen molar-refractivity contribution in [2.45, 2.75) is 522 Å². The van der Waals surface area contributed by atoms with Gasteiger partial charge in [0, 0.05) is 25.7 Å². The van der Waals surface area contributed by atoms with E-state index in [0.29, 0.717) is 25.7 Å². The van der Waals surface area contributed by atoms with E-state index in [1.807, 2.05) is 0 Å². The SMILES string of the molecule is CCCCCCCCCCCCCCCCCCCCCCCCC(=O)OC[C@H](COP(=O)(O)OC[C@@H](O)COP(=O)(O)OC[C@@H](COC(=O)CCCCCCCCCCC(C)CC)OC(=O)CCCCCCCCCCCCCCCCCC)OC(=O)CCCCCCCCCCCCCCCCCCCCC(C)CC. The predicted octanol–water partition coefficient (Wildman–Crippen LogP) is 29.0. The summed E-state index contributed by atoms with van der Waals surface area (Å²) in [6, 6.07) is 0. The van der Waals surface area contributed by atoms with E-state index in [1.165, 1.54) is 321 Å². The molecule has 0 bridgehead atoms. The first kappa shape index (κ1) is 110. The van der Waals surface area contributed by atoms with Gasteiger partial charge in [0.25, 0.3) is 0 Å². The predicted molar refractivity (Wildman–Crippen MR) is 465 cm³/mol. The van der Waals surface area contributed by atoms with Crippen molar-refractivity contribution in [1.82, 2.24) is 0 Å². The third-order valence-corrected chi connectivity index (χ3v) is 24.6. The Morgan fingerprint density at radius 1 is 0.250 bits per heavy atom. The van der Waals surface area contributed by atoms with E-state index in [4.69, 9.17) is 37.0 Å². The van der Waals surface area contributed by atoms with Crippen LogP contribution in [0.1, 0.15) is 504 Å². The van der Waals surface area contributed by atoms with Crippen LogP contribution in [-0.4, -0.2) is 96.7 Å². The van der Waals surface area contributed by atoms with Gasteiger partial charge in [-0.25, -0.2) is 9.13 Å². The van der Waals surface area contributed by atoms with Gasteiger partial charge < -0.3 is 33.8 Å². The number of phosphoric acid groups is 2. The summed E-state index contributed by atoms with van der Waals surface area (Å²) in [6.45, 7) is 9.78. The van der Waals surface area contributed by atoms with E-state index in [2.05, 4.69) is 41.5 Å². The van der Waals surface area contributed by atoms with Crippen molar-refractivity contribution in [2.75, 3.05) is 39.6 Å². The zero-order chi connectivity index (χ0) is 82.0. The quantitative estimate of drug-likeness (QED) is 0.0222. The molecule has 0 aliphatic carbocycles. The Hall–Kier alpha value is -1.94. The average Bonchev–Trinajstić information content (AvgIpc) is 0.894. The van der Waals surface area contributed by atoms with Gasteiger partial charge in [-0.15, -0.1) is 0 Å². The standard InChI is InChI=1S/C93H182O17P2/c1-7-11-13-15-17-19-21-23-25-27-28-29-30-31-35-39-42-46-50-57-63-69-75-90(95)103-81-88(109-92(97)78-72-66-60-52-48-44-40-36-33-32-34-37-41-45-49-55-61-67-73-85(5)9-3)83-107-111(99,100)105-79-87(94)80-106-112(101,102)108-84-89(82-104-91(96)76-70-64-58-54-53-56-62-68-74-86(6)10-4)110-93(98)77-71-65-59-51-47-43-38-26-24-22-20-18-16-14-12-8-2/h85-89,94H,7-84H2,1-6H3,(H,99,100)(H,101,102)/t85?,86?,87-,88-,89-/m1/s1. The highest BCUT2D eigenvalue weighted by atomic mass is 31.2. The van der Waals surface area contributed by atoms with Crippen LogP contribution in [0.2, 0.25) is 0 Å². The van der Waals surface area contributed by atoms with Crippen molar-refractivity contribution in [1.29, 1.82) is 0 Å². The zero-order valence-electron chi connectivity index (χ0n) is 74.0. The lowest BCUT2D eigenvalue weighted by molar-refractivity contribution is -0.161. The van der Waals surface area contributed by atoms with Crippen LogP contribution in [0.25, 0.3) is 0 Å². The Kier molecular flexibility index (Phi) is 82.6. The van der Waals surface area contributed by atoms with Gasteiger partial charge in [0.05, 0.1) is 26.4 Å². The Labute approximate surface area is 689 Å². The molecule has 0 aromatic carbocycles. The fourth-order valence-electron chi connectivity index (χ4n) is 14.6. The van der Waals surface area contributed by atoms with E-state index in [0.717, 1.165) is 102 Å². The van der Waals surface area contributed by atoms with Crippen LogP contribution < -0.4 is 0 Å². The summed E-state index contributed by atoms with van der Waals surface area (Å²) in [5.74, 6) is -0.446. The third-order valence-electron chi connectivity index (χ3n) is 22.7. The van der Waals surface area contributed by atoms with Gasteiger partial charge in [0.15, 0.2) is 12.2 Å². The second-order valence-corrected chi connectivity index (χ2v) is 36.8. The van der Waals surface area contributed by atoms with Gasteiger partial charge in [0.1, 0.15) is 19.3 Å². The van der Waals surface area contributed by atoms with Crippen LogP contribution in [0.3, 0.4) is 0 Å². The smallest absolute Gasteiger partial charge is 0.462 e. The fraction of sp³-hybridized carbons (Fsp3) is 0.957. The van der Waals surface area contributed by atoms with Gasteiger partial charge in [-0.2, -0.15) is 0 Å². The number of carbonyl (C=O) groups excluding carboxylic acids is 4. The minimum absolute atomic E-state index is 0.108. The number of aliphatic hydroxyl groups excluding tert-OH is 1. The maximum Gasteiger partial charge on any atom is 0.472 e. The van der Waals surface area contributed by atoms with Crippen molar-refractivity contribution < 1.29 is 80.2 Å². The largest absolute Gasteiger partial charge is 0.472 e. The highest BCUT2D eigenvalue weighted by Crippen LogP contribution is 2.45.